The summed E-state index contributed by atoms with van der Waals surface area (Å²) in [5.41, 5.74) is 1.62. The monoisotopic (exact) mass is 292 g/mol. The van der Waals surface area contributed by atoms with Crippen molar-refractivity contribution in [3.8, 4) is 6.01 Å². The molecule has 8 nitrogen and oxygen atoms in total. The number of anilines is 1. The van der Waals surface area contributed by atoms with E-state index in [0.29, 0.717) is 30.6 Å². The Labute approximate surface area is 122 Å². The summed E-state index contributed by atoms with van der Waals surface area (Å²) in [5, 5.41) is 10.3. The number of fused-ring (bicyclic) bond motifs is 1. The van der Waals surface area contributed by atoms with Gasteiger partial charge in [0.05, 0.1) is 13.3 Å². The van der Waals surface area contributed by atoms with E-state index in [2.05, 4.69) is 32.6 Å². The maximum atomic E-state index is 10.9. The van der Waals surface area contributed by atoms with Gasteiger partial charge in [0, 0.05) is 25.6 Å². The van der Waals surface area contributed by atoms with Gasteiger partial charge < -0.3 is 15.4 Å². The van der Waals surface area contributed by atoms with Crippen molar-refractivity contribution < 1.29 is 9.53 Å². The minimum atomic E-state index is -0.0519. The Bertz CT molecular complexity index is 624. The minimum absolute atomic E-state index is 0.0519. The highest BCUT2D eigenvalue weighted by Gasteiger charge is 2.13. The van der Waals surface area contributed by atoms with Crippen molar-refractivity contribution in [1.82, 2.24) is 24.9 Å². The fourth-order valence-corrected chi connectivity index (χ4v) is 1.90. The van der Waals surface area contributed by atoms with Crippen molar-refractivity contribution in [2.75, 3.05) is 25.5 Å². The van der Waals surface area contributed by atoms with E-state index in [0.717, 1.165) is 18.5 Å². The van der Waals surface area contributed by atoms with Crippen LogP contribution in [-0.2, 0) is 11.2 Å². The van der Waals surface area contributed by atoms with Crippen molar-refractivity contribution in [3.05, 3.63) is 11.8 Å². The summed E-state index contributed by atoms with van der Waals surface area (Å²) in [6.07, 6.45) is 3.36. The second kappa shape index (κ2) is 6.87. The number of rotatable bonds is 7. The van der Waals surface area contributed by atoms with Gasteiger partial charge in [-0.3, -0.25) is 4.79 Å². The molecule has 0 aromatic carbocycles. The third-order valence-corrected chi connectivity index (χ3v) is 2.90. The Hall–Kier alpha value is -2.38. The van der Waals surface area contributed by atoms with Crippen LogP contribution in [0.25, 0.3) is 5.65 Å². The van der Waals surface area contributed by atoms with Crippen LogP contribution in [0, 0.1) is 0 Å². The third-order valence-electron chi connectivity index (χ3n) is 2.90. The van der Waals surface area contributed by atoms with Gasteiger partial charge in [-0.1, -0.05) is 6.92 Å². The predicted molar refractivity (Wildman–Crippen MR) is 78.5 cm³/mol. The molecule has 21 heavy (non-hydrogen) atoms. The Morgan fingerprint density at radius 2 is 2.19 bits per heavy atom. The summed E-state index contributed by atoms with van der Waals surface area (Å²) in [5.74, 6) is 0.549. The lowest BCUT2D eigenvalue weighted by Gasteiger charge is -2.08. The highest BCUT2D eigenvalue weighted by molar-refractivity contribution is 5.72. The molecule has 2 aromatic rings. The standard InChI is InChI=1S/C13H20N6O2/c1-4-6-15-12-18-13(21-3)17-11-10(8-16-19(11)12)5-7-14-9(2)20/h8H,4-7H2,1-3H3,(H,14,20)(H,15,17,18). The Balaban J connectivity index is 2.29. The second-order valence-electron chi connectivity index (χ2n) is 4.60. The number of carbonyl (C=O) groups excluding carboxylic acids is 1. The topological polar surface area (TPSA) is 93.4 Å². The summed E-state index contributed by atoms with van der Waals surface area (Å²) in [7, 11) is 1.53. The molecule has 1 amide bonds. The van der Waals surface area contributed by atoms with E-state index in [-0.39, 0.29) is 5.91 Å². The van der Waals surface area contributed by atoms with Crippen molar-refractivity contribution in [2.45, 2.75) is 26.7 Å². The van der Waals surface area contributed by atoms with Crippen LogP contribution >= 0.6 is 0 Å². The first kappa shape index (κ1) is 15.0. The predicted octanol–water partition coefficient (Wildman–Crippen LogP) is 0.633. The molecule has 8 heteroatoms. The Morgan fingerprint density at radius 3 is 2.86 bits per heavy atom. The number of amides is 1. The van der Waals surface area contributed by atoms with Crippen molar-refractivity contribution >= 4 is 17.5 Å². The molecule has 0 unspecified atom stereocenters. The molecule has 0 fully saturated rings. The van der Waals surface area contributed by atoms with Crippen LogP contribution in [0.3, 0.4) is 0 Å². The number of nitrogens with one attached hydrogen (secondary N) is 2. The number of methoxy groups -OCH3 is 1. The molecule has 0 saturated carbocycles. The Kier molecular flexibility index (Phi) is 4.91. The van der Waals surface area contributed by atoms with Gasteiger partial charge in [-0.2, -0.15) is 19.6 Å². The summed E-state index contributed by atoms with van der Waals surface area (Å²) in [6, 6.07) is 0.294. The van der Waals surface area contributed by atoms with Crippen LogP contribution in [0.4, 0.5) is 5.95 Å². The first-order valence-electron chi connectivity index (χ1n) is 6.92. The zero-order chi connectivity index (χ0) is 15.2. The summed E-state index contributed by atoms with van der Waals surface area (Å²) < 4.78 is 6.79. The average molecular weight is 292 g/mol. The number of nitrogens with zero attached hydrogens (tertiary/aromatic N) is 4. The van der Waals surface area contributed by atoms with Crippen LogP contribution in [0.2, 0.25) is 0 Å². The molecule has 0 saturated heterocycles. The maximum Gasteiger partial charge on any atom is 0.321 e. The smallest absolute Gasteiger partial charge is 0.321 e. The third kappa shape index (κ3) is 3.59. The molecule has 2 N–H and O–H groups in total. The van der Waals surface area contributed by atoms with Crippen LogP contribution in [0.15, 0.2) is 6.20 Å². The van der Waals surface area contributed by atoms with E-state index >= 15 is 0 Å². The number of hydrogen-bond acceptors (Lipinski definition) is 6. The van der Waals surface area contributed by atoms with Gasteiger partial charge in [-0.15, -0.1) is 0 Å². The van der Waals surface area contributed by atoms with Crippen molar-refractivity contribution in [1.29, 1.82) is 0 Å². The number of aromatic nitrogens is 4. The van der Waals surface area contributed by atoms with Crippen LogP contribution in [0.5, 0.6) is 6.01 Å². The summed E-state index contributed by atoms with van der Waals surface area (Å²) >= 11 is 0. The molecular weight excluding hydrogens is 272 g/mol. The molecule has 2 rings (SSSR count). The Morgan fingerprint density at radius 1 is 1.38 bits per heavy atom. The molecule has 114 valence electrons. The van der Waals surface area contributed by atoms with Crippen molar-refractivity contribution in [3.63, 3.8) is 0 Å². The van der Waals surface area contributed by atoms with Gasteiger partial charge in [-0.05, 0) is 12.8 Å². The first-order chi connectivity index (χ1) is 10.2. The van der Waals surface area contributed by atoms with Gasteiger partial charge in [0.15, 0.2) is 5.65 Å². The lowest BCUT2D eigenvalue weighted by atomic mass is 10.2. The molecule has 0 bridgehead atoms. The van der Waals surface area contributed by atoms with Gasteiger partial charge in [0.1, 0.15) is 0 Å². The second-order valence-corrected chi connectivity index (χ2v) is 4.60. The number of hydrogen-bond donors (Lipinski definition) is 2. The summed E-state index contributed by atoms with van der Waals surface area (Å²) in [6.45, 7) is 4.90. The van der Waals surface area contributed by atoms with Crippen LogP contribution in [-0.4, -0.2) is 45.7 Å². The lowest BCUT2D eigenvalue weighted by Crippen LogP contribution is -2.22. The minimum Gasteiger partial charge on any atom is -0.467 e. The van der Waals surface area contributed by atoms with Crippen LogP contribution < -0.4 is 15.4 Å². The van der Waals surface area contributed by atoms with E-state index in [1.807, 2.05) is 0 Å². The van der Waals surface area contributed by atoms with Gasteiger partial charge in [-0.25, -0.2) is 0 Å². The van der Waals surface area contributed by atoms with Gasteiger partial charge >= 0.3 is 6.01 Å². The molecule has 0 aliphatic heterocycles. The number of carbonyl (C=O) groups is 1. The summed E-state index contributed by atoms with van der Waals surface area (Å²) in [4.78, 5) is 19.5. The van der Waals surface area contributed by atoms with E-state index < -0.39 is 0 Å². The highest BCUT2D eigenvalue weighted by Crippen LogP contribution is 2.16. The van der Waals surface area contributed by atoms with Gasteiger partial charge in [0.25, 0.3) is 0 Å². The quantitative estimate of drug-likeness (QED) is 0.777. The fraction of sp³-hybridized carbons (Fsp3) is 0.538. The molecule has 0 atom stereocenters. The molecule has 0 spiro atoms. The largest absolute Gasteiger partial charge is 0.467 e. The SMILES string of the molecule is CCCNc1nc(OC)nc2c(CCNC(C)=O)cnn12. The molecule has 0 aliphatic rings. The first-order valence-corrected chi connectivity index (χ1v) is 6.92. The maximum absolute atomic E-state index is 10.9. The highest BCUT2D eigenvalue weighted by atomic mass is 16.5. The average Bonchev–Trinajstić information content (AvgIpc) is 2.87. The molecule has 2 aromatic heterocycles. The van der Waals surface area contributed by atoms with Crippen LogP contribution in [0.1, 0.15) is 25.8 Å². The fourth-order valence-electron chi connectivity index (χ4n) is 1.90. The van der Waals surface area contributed by atoms with E-state index in [1.165, 1.54) is 14.0 Å². The molecule has 0 aliphatic carbocycles. The molecular formula is C13H20N6O2. The van der Waals surface area contributed by atoms with Gasteiger partial charge in [0.2, 0.25) is 11.9 Å². The normalized spacial score (nSPS) is 10.6. The molecule has 2 heterocycles. The zero-order valence-corrected chi connectivity index (χ0v) is 12.5. The van der Waals surface area contributed by atoms with Crippen molar-refractivity contribution in [2.24, 2.45) is 0 Å². The lowest BCUT2D eigenvalue weighted by molar-refractivity contribution is -0.118. The van der Waals surface area contributed by atoms with E-state index in [4.69, 9.17) is 4.74 Å². The van der Waals surface area contributed by atoms with E-state index in [9.17, 15) is 4.79 Å². The zero-order valence-electron chi connectivity index (χ0n) is 12.5. The van der Waals surface area contributed by atoms with E-state index in [1.54, 1.807) is 10.7 Å². The number of ether oxygens (including phenoxy) is 1. The molecule has 0 radical (unpaired) electrons.